The van der Waals surface area contributed by atoms with Crippen molar-refractivity contribution in [2.45, 2.75) is 24.5 Å². The zero-order valence-corrected chi connectivity index (χ0v) is 21.1. The summed E-state index contributed by atoms with van der Waals surface area (Å²) in [6.07, 6.45) is 1.69. The predicted octanol–water partition coefficient (Wildman–Crippen LogP) is 3.30. The zero-order chi connectivity index (χ0) is 28.6. The highest BCUT2D eigenvalue weighted by Gasteiger charge is 2.51. The van der Waals surface area contributed by atoms with Crippen LogP contribution in [0.4, 0.5) is 8.78 Å². The third kappa shape index (κ3) is 4.77. The summed E-state index contributed by atoms with van der Waals surface area (Å²) in [5.74, 6) is -3.69. The molecule has 6 rings (SSSR count). The Morgan fingerprint density at radius 3 is 2.51 bits per heavy atom. The molecule has 0 saturated heterocycles. The van der Waals surface area contributed by atoms with Gasteiger partial charge in [-0.1, -0.05) is 36.4 Å². The van der Waals surface area contributed by atoms with Crippen LogP contribution in [0.1, 0.15) is 15.9 Å². The van der Waals surface area contributed by atoms with E-state index in [1.165, 1.54) is 47.8 Å². The van der Waals surface area contributed by atoms with Crippen molar-refractivity contribution >= 4 is 11.8 Å². The Hall–Kier alpha value is -5.46. The van der Waals surface area contributed by atoms with Crippen LogP contribution in [0.25, 0.3) is 17.1 Å². The van der Waals surface area contributed by atoms with E-state index in [-0.39, 0.29) is 40.6 Å². The molecule has 1 unspecified atom stereocenters. The van der Waals surface area contributed by atoms with Crippen molar-refractivity contribution < 1.29 is 37.3 Å². The maximum atomic E-state index is 13.7. The average Bonchev–Trinajstić information content (AvgIpc) is 3.71. The van der Waals surface area contributed by atoms with E-state index in [4.69, 9.17) is 15.2 Å². The maximum Gasteiger partial charge on any atom is 0.586 e. The molecule has 0 fully saturated rings. The van der Waals surface area contributed by atoms with Gasteiger partial charge >= 0.3 is 18.0 Å². The number of carbonyl (C=O) groups excluding carboxylic acids is 2. The second-order valence-corrected chi connectivity index (χ2v) is 9.08. The van der Waals surface area contributed by atoms with Crippen LogP contribution >= 0.6 is 0 Å². The number of carbonyl (C=O) groups is 2. The monoisotopic (exact) mass is 561 g/mol. The van der Waals surface area contributed by atoms with Crippen molar-refractivity contribution in [2.75, 3.05) is 0 Å². The number of amides is 2. The third-order valence-corrected chi connectivity index (χ3v) is 6.47. The summed E-state index contributed by atoms with van der Waals surface area (Å²) in [5.41, 5.74) is 7.07. The highest BCUT2D eigenvalue weighted by Crippen LogP contribution is 2.46. The lowest BCUT2D eigenvalue weighted by molar-refractivity contribution is -0.286. The van der Waals surface area contributed by atoms with E-state index >= 15 is 0 Å². The fourth-order valence-corrected chi connectivity index (χ4v) is 4.62. The Balaban J connectivity index is 1.32. The van der Waals surface area contributed by atoms with Crippen molar-refractivity contribution in [1.29, 1.82) is 0 Å². The van der Waals surface area contributed by atoms with Crippen molar-refractivity contribution in [3.8, 4) is 28.6 Å². The van der Waals surface area contributed by atoms with Gasteiger partial charge in [0.25, 0.3) is 5.91 Å². The van der Waals surface area contributed by atoms with E-state index in [9.17, 15) is 18.4 Å². The number of alkyl halides is 2. The van der Waals surface area contributed by atoms with E-state index in [1.54, 1.807) is 18.2 Å². The van der Waals surface area contributed by atoms with E-state index in [2.05, 4.69) is 24.9 Å². The molecule has 2 aromatic heterocycles. The van der Waals surface area contributed by atoms with Crippen LogP contribution in [0, 0.1) is 0 Å². The van der Waals surface area contributed by atoms with E-state index in [0.717, 1.165) is 5.56 Å². The molecule has 208 valence electrons. The number of rotatable bonds is 8. The van der Waals surface area contributed by atoms with E-state index in [0.29, 0.717) is 0 Å². The molecule has 1 atom stereocenters. The molecular weight excluding hydrogens is 540 g/mol. The van der Waals surface area contributed by atoms with Crippen molar-refractivity contribution in [1.82, 2.24) is 20.1 Å². The SMILES string of the molecule is NC(=O)C1(C(Cc2ccccc2)NC(=O)c2cccnc2-n2ccc(-c3cccc4c3OC(F)(F)O4)n2)OC=CO1. The summed E-state index contributed by atoms with van der Waals surface area (Å²) >= 11 is 0. The molecule has 2 aliphatic heterocycles. The smallest absolute Gasteiger partial charge is 0.447 e. The molecule has 2 aromatic carbocycles. The fraction of sp³-hybridized carbons (Fsp3) is 0.143. The Labute approximate surface area is 231 Å². The summed E-state index contributed by atoms with van der Waals surface area (Å²) in [6, 6.07) is 17.1. The number of ether oxygens (including phenoxy) is 4. The summed E-state index contributed by atoms with van der Waals surface area (Å²) in [5, 5.41) is 7.25. The van der Waals surface area contributed by atoms with Gasteiger partial charge in [0.05, 0.1) is 11.3 Å². The number of halogens is 2. The number of benzene rings is 2. The molecule has 0 radical (unpaired) electrons. The van der Waals surface area contributed by atoms with Gasteiger partial charge in [0.15, 0.2) is 17.3 Å². The van der Waals surface area contributed by atoms with E-state index < -0.39 is 29.9 Å². The molecule has 3 N–H and O–H groups in total. The number of fused-ring (bicyclic) bond motifs is 1. The first-order chi connectivity index (χ1) is 19.8. The lowest BCUT2D eigenvalue weighted by atomic mass is 9.97. The molecule has 41 heavy (non-hydrogen) atoms. The molecule has 2 amide bonds. The standard InChI is InChI=1S/C28H21F2N5O6/c29-28(30)40-21-10-4-8-18(23(21)41-28)20-11-13-35(34-20)24-19(9-5-12-32-24)25(36)33-22(16-17-6-2-1-3-7-17)27(26(31)37)38-14-15-39-27/h1-15,22H,16H2,(H2,31,37)(H,33,36). The Morgan fingerprint density at radius 1 is 0.976 bits per heavy atom. The molecular formula is C28H21F2N5O6. The maximum absolute atomic E-state index is 13.7. The van der Waals surface area contributed by atoms with Crippen molar-refractivity contribution in [3.05, 3.63) is 103 Å². The van der Waals surface area contributed by atoms with Gasteiger partial charge in [-0.05, 0) is 35.9 Å². The van der Waals surface area contributed by atoms with Crippen LogP contribution in [0.15, 0.2) is 91.6 Å². The number of para-hydroxylation sites is 1. The topological polar surface area (TPSA) is 140 Å². The van der Waals surface area contributed by atoms with Crippen LogP contribution in [-0.4, -0.2) is 44.7 Å². The Morgan fingerprint density at radius 2 is 1.76 bits per heavy atom. The zero-order valence-electron chi connectivity index (χ0n) is 21.1. The van der Waals surface area contributed by atoms with Gasteiger partial charge in [0, 0.05) is 24.4 Å². The minimum atomic E-state index is -3.80. The first kappa shape index (κ1) is 25.8. The highest BCUT2D eigenvalue weighted by atomic mass is 19.3. The average molecular weight is 562 g/mol. The number of hydrogen-bond donors (Lipinski definition) is 2. The summed E-state index contributed by atoms with van der Waals surface area (Å²) in [6.45, 7) is 0. The minimum Gasteiger partial charge on any atom is -0.447 e. The number of primary amides is 1. The normalized spacial score (nSPS) is 16.4. The third-order valence-electron chi connectivity index (χ3n) is 6.47. The van der Waals surface area contributed by atoms with Crippen LogP contribution in [-0.2, 0) is 20.7 Å². The Bertz CT molecular complexity index is 1650. The second kappa shape index (κ2) is 9.93. The van der Waals surface area contributed by atoms with Crippen LogP contribution in [0.3, 0.4) is 0 Å². The molecule has 0 spiro atoms. The van der Waals surface area contributed by atoms with Gasteiger partial charge in [-0.25, -0.2) is 9.67 Å². The number of nitrogens with two attached hydrogens (primary N) is 1. The molecule has 0 aliphatic carbocycles. The second-order valence-electron chi connectivity index (χ2n) is 9.08. The van der Waals surface area contributed by atoms with Gasteiger partial charge in [-0.15, -0.1) is 8.78 Å². The van der Waals surface area contributed by atoms with Gasteiger partial charge in [0.2, 0.25) is 0 Å². The highest BCUT2D eigenvalue weighted by molar-refractivity contribution is 5.98. The van der Waals surface area contributed by atoms with Crippen LogP contribution in [0.2, 0.25) is 0 Å². The molecule has 4 aromatic rings. The number of hydrogen-bond acceptors (Lipinski definition) is 8. The molecule has 2 aliphatic rings. The first-order valence-corrected chi connectivity index (χ1v) is 12.3. The molecule has 11 nitrogen and oxygen atoms in total. The predicted molar refractivity (Wildman–Crippen MR) is 138 cm³/mol. The van der Waals surface area contributed by atoms with Crippen molar-refractivity contribution in [2.24, 2.45) is 5.73 Å². The number of aromatic nitrogens is 3. The molecule has 13 heteroatoms. The number of nitrogens with zero attached hydrogens (tertiary/aromatic N) is 3. The minimum absolute atomic E-state index is 0.0928. The number of pyridine rings is 1. The lowest BCUT2D eigenvalue weighted by Crippen LogP contribution is -2.61. The fourth-order valence-electron chi connectivity index (χ4n) is 4.62. The molecule has 0 bridgehead atoms. The van der Waals surface area contributed by atoms with Gasteiger partial charge < -0.3 is 30.0 Å². The summed E-state index contributed by atoms with van der Waals surface area (Å²) in [4.78, 5) is 30.5. The Kier molecular flexibility index (Phi) is 6.25. The van der Waals surface area contributed by atoms with Crippen molar-refractivity contribution in [3.63, 3.8) is 0 Å². The number of nitrogens with one attached hydrogen (secondary N) is 1. The molecule has 4 heterocycles. The van der Waals surface area contributed by atoms with Crippen LogP contribution in [0.5, 0.6) is 11.5 Å². The van der Waals surface area contributed by atoms with Gasteiger partial charge in [-0.3, -0.25) is 9.59 Å². The molecule has 0 saturated carbocycles. The first-order valence-electron chi connectivity index (χ1n) is 12.3. The summed E-state index contributed by atoms with van der Waals surface area (Å²) in [7, 11) is 0. The quantitative estimate of drug-likeness (QED) is 0.334. The summed E-state index contributed by atoms with van der Waals surface area (Å²) < 4.78 is 48.9. The van der Waals surface area contributed by atoms with Gasteiger partial charge in [-0.2, -0.15) is 5.10 Å². The van der Waals surface area contributed by atoms with Gasteiger partial charge in [0.1, 0.15) is 18.6 Å². The van der Waals surface area contributed by atoms with Crippen LogP contribution < -0.4 is 20.5 Å². The lowest BCUT2D eigenvalue weighted by Gasteiger charge is -2.33. The largest absolute Gasteiger partial charge is 0.586 e. The van der Waals surface area contributed by atoms with E-state index in [1.807, 2.05) is 30.3 Å².